The third-order valence-electron chi connectivity index (χ3n) is 4.01. The molecule has 0 bridgehead atoms. The summed E-state index contributed by atoms with van der Waals surface area (Å²) in [5.41, 5.74) is 3.55. The summed E-state index contributed by atoms with van der Waals surface area (Å²) in [6, 6.07) is 9.55. The van der Waals surface area contributed by atoms with Crippen molar-refractivity contribution in [1.82, 2.24) is 14.9 Å². The predicted molar refractivity (Wildman–Crippen MR) is 92.9 cm³/mol. The second-order valence-electron chi connectivity index (χ2n) is 5.62. The summed E-state index contributed by atoms with van der Waals surface area (Å²) in [5.74, 6) is -0.0177. The molecule has 2 heterocycles. The van der Waals surface area contributed by atoms with Crippen LogP contribution in [0.4, 0.5) is 0 Å². The highest BCUT2D eigenvalue weighted by molar-refractivity contribution is 6.37. The van der Waals surface area contributed by atoms with E-state index in [9.17, 15) is 4.79 Å². The molecule has 0 fully saturated rings. The van der Waals surface area contributed by atoms with Gasteiger partial charge in [0, 0.05) is 42.6 Å². The van der Waals surface area contributed by atoms with Crippen LogP contribution >= 0.6 is 11.6 Å². The molecule has 0 saturated carbocycles. The van der Waals surface area contributed by atoms with Gasteiger partial charge in [0.1, 0.15) is 0 Å². The van der Waals surface area contributed by atoms with Crippen molar-refractivity contribution in [2.75, 3.05) is 13.6 Å². The molecule has 5 heteroatoms. The summed E-state index contributed by atoms with van der Waals surface area (Å²) >= 11 is 6.30. The highest BCUT2D eigenvalue weighted by Gasteiger charge is 2.21. The van der Waals surface area contributed by atoms with Gasteiger partial charge >= 0.3 is 0 Å². The number of aromatic amines is 1. The Kier molecular flexibility index (Phi) is 4.35. The fraction of sp³-hybridized carbons (Fsp3) is 0.222. The SMILES string of the molecule is Cc1[nH]c2cccc(Cl)c2c1C(=O)N(C)CCc1ccncc1. The molecule has 0 radical (unpaired) electrons. The largest absolute Gasteiger partial charge is 0.358 e. The zero-order valence-electron chi connectivity index (χ0n) is 13.1. The lowest BCUT2D eigenvalue weighted by atomic mass is 10.1. The number of carbonyl (C=O) groups is 1. The summed E-state index contributed by atoms with van der Waals surface area (Å²) in [6.45, 7) is 2.54. The standard InChI is InChI=1S/C18H18ClN3O/c1-12-16(17-14(19)4-3-5-15(17)21-12)18(23)22(2)11-8-13-6-9-20-10-7-13/h3-7,9-10,21H,8,11H2,1-2H3. The molecule has 0 spiro atoms. The average Bonchev–Trinajstić information content (AvgIpc) is 2.90. The van der Waals surface area contributed by atoms with Crippen LogP contribution < -0.4 is 0 Å². The van der Waals surface area contributed by atoms with Gasteiger partial charge in [-0.25, -0.2) is 0 Å². The van der Waals surface area contributed by atoms with Crippen molar-refractivity contribution in [1.29, 1.82) is 0 Å². The molecule has 0 unspecified atom stereocenters. The van der Waals surface area contributed by atoms with Crippen molar-refractivity contribution in [3.8, 4) is 0 Å². The van der Waals surface area contributed by atoms with Crippen LogP contribution in [0.15, 0.2) is 42.7 Å². The van der Waals surface area contributed by atoms with E-state index in [4.69, 9.17) is 11.6 Å². The number of nitrogens with one attached hydrogen (secondary N) is 1. The van der Waals surface area contributed by atoms with Crippen LogP contribution in [-0.2, 0) is 6.42 Å². The van der Waals surface area contributed by atoms with Crippen LogP contribution in [0.3, 0.4) is 0 Å². The first-order valence-corrected chi connectivity index (χ1v) is 7.87. The van der Waals surface area contributed by atoms with Crippen LogP contribution in [0.25, 0.3) is 10.9 Å². The number of aromatic nitrogens is 2. The summed E-state index contributed by atoms with van der Waals surface area (Å²) in [4.78, 5) is 21.8. The second kappa shape index (κ2) is 6.42. The molecule has 4 nitrogen and oxygen atoms in total. The van der Waals surface area contributed by atoms with Crippen molar-refractivity contribution in [3.63, 3.8) is 0 Å². The van der Waals surface area contributed by atoms with E-state index in [0.29, 0.717) is 17.1 Å². The van der Waals surface area contributed by atoms with Gasteiger partial charge in [0.2, 0.25) is 0 Å². The monoisotopic (exact) mass is 327 g/mol. The molecule has 1 N–H and O–H groups in total. The van der Waals surface area contributed by atoms with E-state index < -0.39 is 0 Å². The van der Waals surface area contributed by atoms with Crippen LogP contribution in [0.2, 0.25) is 5.02 Å². The number of rotatable bonds is 4. The molecule has 2 aromatic heterocycles. The zero-order chi connectivity index (χ0) is 16.4. The molecule has 3 rings (SSSR count). The molecule has 1 aromatic carbocycles. The third kappa shape index (κ3) is 3.08. The van der Waals surface area contributed by atoms with Gasteiger partial charge in [-0.15, -0.1) is 0 Å². The number of hydrogen-bond donors (Lipinski definition) is 1. The van der Waals surface area contributed by atoms with Crippen molar-refractivity contribution in [3.05, 3.63) is 64.6 Å². The summed E-state index contributed by atoms with van der Waals surface area (Å²) in [5, 5.41) is 1.39. The number of pyridine rings is 1. The van der Waals surface area contributed by atoms with E-state index in [1.165, 1.54) is 0 Å². The zero-order valence-corrected chi connectivity index (χ0v) is 13.9. The van der Waals surface area contributed by atoms with Crippen molar-refractivity contribution < 1.29 is 4.79 Å². The lowest BCUT2D eigenvalue weighted by Gasteiger charge is -2.17. The minimum atomic E-state index is -0.0177. The Hall–Kier alpha value is -2.33. The predicted octanol–water partition coefficient (Wildman–Crippen LogP) is 3.84. The molecule has 0 atom stereocenters. The Balaban J connectivity index is 1.84. The van der Waals surface area contributed by atoms with E-state index in [1.54, 1.807) is 17.3 Å². The first kappa shape index (κ1) is 15.6. The van der Waals surface area contributed by atoms with Gasteiger partial charge in [0.05, 0.1) is 10.6 Å². The van der Waals surface area contributed by atoms with E-state index in [-0.39, 0.29) is 5.91 Å². The lowest BCUT2D eigenvalue weighted by Crippen LogP contribution is -2.29. The van der Waals surface area contributed by atoms with Crippen LogP contribution in [0.5, 0.6) is 0 Å². The topological polar surface area (TPSA) is 49.0 Å². The number of H-pyrrole nitrogens is 1. The number of carbonyl (C=O) groups excluding carboxylic acids is 1. The number of benzene rings is 1. The molecule has 3 aromatic rings. The number of fused-ring (bicyclic) bond motifs is 1. The Labute approximate surface area is 140 Å². The van der Waals surface area contributed by atoms with Crippen molar-refractivity contribution in [2.24, 2.45) is 0 Å². The first-order valence-electron chi connectivity index (χ1n) is 7.49. The fourth-order valence-electron chi connectivity index (χ4n) is 2.74. The molecule has 0 aliphatic rings. The van der Waals surface area contributed by atoms with Gasteiger partial charge in [0.25, 0.3) is 5.91 Å². The van der Waals surface area contributed by atoms with Crippen LogP contribution in [0, 0.1) is 6.92 Å². The van der Waals surface area contributed by atoms with Gasteiger partial charge in [-0.1, -0.05) is 17.7 Å². The average molecular weight is 328 g/mol. The highest BCUT2D eigenvalue weighted by atomic mass is 35.5. The van der Waals surface area contributed by atoms with E-state index in [0.717, 1.165) is 28.6 Å². The molecule has 23 heavy (non-hydrogen) atoms. The van der Waals surface area contributed by atoms with Crippen LogP contribution in [-0.4, -0.2) is 34.4 Å². The second-order valence-corrected chi connectivity index (χ2v) is 6.03. The first-order chi connectivity index (χ1) is 11.1. The maximum absolute atomic E-state index is 12.8. The lowest BCUT2D eigenvalue weighted by molar-refractivity contribution is 0.0798. The molecule has 0 saturated heterocycles. The highest BCUT2D eigenvalue weighted by Crippen LogP contribution is 2.29. The van der Waals surface area contributed by atoms with Gasteiger partial charge in [-0.2, -0.15) is 0 Å². The molecular weight excluding hydrogens is 310 g/mol. The van der Waals surface area contributed by atoms with Gasteiger partial charge < -0.3 is 9.88 Å². The Bertz CT molecular complexity index is 842. The van der Waals surface area contributed by atoms with E-state index >= 15 is 0 Å². The van der Waals surface area contributed by atoms with E-state index in [1.807, 2.05) is 44.3 Å². The number of aryl methyl sites for hydroxylation is 1. The summed E-state index contributed by atoms with van der Waals surface area (Å²) < 4.78 is 0. The smallest absolute Gasteiger partial charge is 0.256 e. The normalized spacial score (nSPS) is 10.9. The quantitative estimate of drug-likeness (QED) is 0.791. The summed E-state index contributed by atoms with van der Waals surface area (Å²) in [7, 11) is 1.82. The van der Waals surface area contributed by atoms with Crippen LogP contribution in [0.1, 0.15) is 21.6 Å². The minimum absolute atomic E-state index is 0.0177. The number of amides is 1. The number of halogens is 1. The molecule has 1 amide bonds. The van der Waals surface area contributed by atoms with Crippen molar-refractivity contribution >= 4 is 28.4 Å². The van der Waals surface area contributed by atoms with Gasteiger partial charge in [0.15, 0.2) is 0 Å². The number of likely N-dealkylation sites (N-methyl/N-ethyl adjacent to an activating group) is 1. The Morgan fingerprint density at radius 2 is 2.00 bits per heavy atom. The molecule has 118 valence electrons. The Morgan fingerprint density at radius 3 is 2.74 bits per heavy atom. The Morgan fingerprint density at radius 1 is 1.26 bits per heavy atom. The molecule has 0 aliphatic carbocycles. The summed E-state index contributed by atoms with van der Waals surface area (Å²) in [6.07, 6.45) is 4.32. The van der Waals surface area contributed by atoms with Gasteiger partial charge in [-0.05, 0) is 43.2 Å². The van der Waals surface area contributed by atoms with Gasteiger partial charge in [-0.3, -0.25) is 9.78 Å². The number of nitrogens with zero attached hydrogens (tertiary/aromatic N) is 2. The van der Waals surface area contributed by atoms with Crippen molar-refractivity contribution in [2.45, 2.75) is 13.3 Å². The minimum Gasteiger partial charge on any atom is -0.358 e. The molecular formula is C18H18ClN3O. The maximum Gasteiger partial charge on any atom is 0.256 e. The maximum atomic E-state index is 12.8. The third-order valence-corrected chi connectivity index (χ3v) is 4.32. The molecule has 0 aliphatic heterocycles. The van der Waals surface area contributed by atoms with E-state index in [2.05, 4.69) is 9.97 Å². The number of hydrogen-bond acceptors (Lipinski definition) is 2. The fourth-order valence-corrected chi connectivity index (χ4v) is 3.01.